The van der Waals surface area contributed by atoms with E-state index in [2.05, 4.69) is 30.1 Å². The summed E-state index contributed by atoms with van der Waals surface area (Å²) >= 11 is 0. The summed E-state index contributed by atoms with van der Waals surface area (Å²) in [7, 11) is 5.83. The van der Waals surface area contributed by atoms with Crippen LogP contribution in [0.15, 0.2) is 30.9 Å². The van der Waals surface area contributed by atoms with Gasteiger partial charge in [-0.15, -0.1) is 0 Å². The van der Waals surface area contributed by atoms with Crippen LogP contribution in [0.5, 0.6) is 5.75 Å². The van der Waals surface area contributed by atoms with Gasteiger partial charge in [-0.3, -0.25) is 4.98 Å². The highest BCUT2D eigenvalue weighted by Crippen LogP contribution is 2.32. The van der Waals surface area contributed by atoms with Gasteiger partial charge in [0.25, 0.3) is 0 Å². The molecule has 0 aromatic carbocycles. The summed E-state index contributed by atoms with van der Waals surface area (Å²) in [5.74, 6) is 1.93. The molecule has 0 spiro atoms. The normalized spacial score (nSPS) is 13.9. The lowest BCUT2D eigenvalue weighted by molar-refractivity contribution is 0.122. The van der Waals surface area contributed by atoms with Crippen LogP contribution in [0.4, 0.5) is 11.9 Å². The van der Waals surface area contributed by atoms with Gasteiger partial charge in [0.05, 0.1) is 30.8 Å². The maximum Gasteiger partial charge on any atom is 0.226 e. The van der Waals surface area contributed by atoms with E-state index in [0.29, 0.717) is 37.5 Å². The van der Waals surface area contributed by atoms with Crippen LogP contribution in [-0.2, 0) is 4.74 Å². The lowest BCUT2D eigenvalue weighted by Crippen LogP contribution is -2.37. The molecule has 1 aliphatic rings. The number of ether oxygens (including phenoxy) is 2. The van der Waals surface area contributed by atoms with Gasteiger partial charge in [0.2, 0.25) is 11.9 Å². The van der Waals surface area contributed by atoms with Crippen molar-refractivity contribution in [2.45, 2.75) is 6.92 Å². The van der Waals surface area contributed by atoms with Crippen LogP contribution in [-0.4, -0.2) is 90.4 Å². The van der Waals surface area contributed by atoms with Crippen LogP contribution in [0.25, 0.3) is 22.5 Å². The van der Waals surface area contributed by atoms with Gasteiger partial charge >= 0.3 is 0 Å². The fraction of sp³-hybridized carbons (Fsp3) is 0.435. The van der Waals surface area contributed by atoms with Crippen LogP contribution in [0.1, 0.15) is 5.56 Å². The first-order valence-corrected chi connectivity index (χ1v) is 11.0. The molecule has 4 heterocycles. The van der Waals surface area contributed by atoms with E-state index < -0.39 is 0 Å². The molecule has 0 unspecified atom stereocenters. The third-order valence-electron chi connectivity index (χ3n) is 5.37. The Kier molecular flexibility index (Phi) is 7.26. The first-order chi connectivity index (χ1) is 16.0. The molecule has 0 amide bonds. The average Bonchev–Trinajstić information content (AvgIpc) is 2.85. The number of rotatable bonds is 8. The standard InChI is InChI=1S/C23H30N8O2/c1-16-20(17-11-19(15-25-12-17)33-10-5-30(3)4)28-23(31-6-8-32-9-7-31)29-21(16)18-13-26-22(24-2)27-14-18/h11-15H,5-10H2,1-4H3,(H,24,26,27). The molecule has 0 aliphatic carbocycles. The van der Waals surface area contributed by atoms with Gasteiger partial charge < -0.3 is 24.6 Å². The van der Waals surface area contributed by atoms with Gasteiger partial charge in [-0.2, -0.15) is 0 Å². The number of pyridine rings is 1. The molecule has 174 valence electrons. The summed E-state index contributed by atoms with van der Waals surface area (Å²) in [6.07, 6.45) is 7.09. The molecule has 1 fully saturated rings. The second-order valence-electron chi connectivity index (χ2n) is 8.05. The summed E-state index contributed by atoms with van der Waals surface area (Å²) < 4.78 is 11.4. The minimum absolute atomic E-state index is 0.561. The molecule has 10 nitrogen and oxygen atoms in total. The minimum Gasteiger partial charge on any atom is -0.491 e. The number of hydrogen-bond acceptors (Lipinski definition) is 10. The van der Waals surface area contributed by atoms with E-state index in [1.54, 1.807) is 25.6 Å². The van der Waals surface area contributed by atoms with E-state index in [1.165, 1.54) is 0 Å². The van der Waals surface area contributed by atoms with Gasteiger partial charge in [-0.1, -0.05) is 0 Å². The Balaban J connectivity index is 1.75. The molecule has 10 heteroatoms. The van der Waals surface area contributed by atoms with Crippen molar-refractivity contribution in [2.24, 2.45) is 0 Å². The van der Waals surface area contributed by atoms with Crippen molar-refractivity contribution in [1.29, 1.82) is 0 Å². The molecule has 4 rings (SSSR count). The maximum absolute atomic E-state index is 5.90. The quantitative estimate of drug-likeness (QED) is 0.549. The molecular weight excluding hydrogens is 420 g/mol. The zero-order valence-electron chi connectivity index (χ0n) is 19.6. The molecule has 0 saturated carbocycles. The molecule has 1 saturated heterocycles. The molecule has 3 aromatic rings. The van der Waals surface area contributed by atoms with E-state index in [1.807, 2.05) is 33.3 Å². The van der Waals surface area contributed by atoms with Crippen LogP contribution >= 0.6 is 0 Å². The third kappa shape index (κ3) is 5.52. The Bertz CT molecular complexity index is 1070. The van der Waals surface area contributed by atoms with Gasteiger partial charge in [-0.25, -0.2) is 19.9 Å². The van der Waals surface area contributed by atoms with Crippen molar-refractivity contribution < 1.29 is 9.47 Å². The summed E-state index contributed by atoms with van der Waals surface area (Å²) in [4.78, 5) is 27.2. The lowest BCUT2D eigenvalue weighted by Gasteiger charge is -2.28. The van der Waals surface area contributed by atoms with Gasteiger partial charge in [-0.05, 0) is 27.1 Å². The number of nitrogens with zero attached hydrogens (tertiary/aromatic N) is 7. The summed E-state index contributed by atoms with van der Waals surface area (Å²) in [6.45, 7) is 6.20. The van der Waals surface area contributed by atoms with Gasteiger partial charge in [0, 0.05) is 62.0 Å². The summed E-state index contributed by atoms with van der Waals surface area (Å²) in [5.41, 5.74) is 4.24. The van der Waals surface area contributed by atoms with E-state index in [4.69, 9.17) is 19.4 Å². The van der Waals surface area contributed by atoms with E-state index in [9.17, 15) is 0 Å². The highest BCUT2D eigenvalue weighted by atomic mass is 16.5. The zero-order valence-corrected chi connectivity index (χ0v) is 19.6. The first-order valence-electron chi connectivity index (χ1n) is 11.0. The van der Waals surface area contributed by atoms with Gasteiger partial charge in [0.1, 0.15) is 12.4 Å². The predicted octanol–water partition coefficient (Wildman–Crippen LogP) is 2.12. The Morgan fingerprint density at radius 2 is 1.73 bits per heavy atom. The zero-order chi connectivity index (χ0) is 23.2. The third-order valence-corrected chi connectivity index (χ3v) is 5.37. The molecular formula is C23H30N8O2. The van der Waals surface area contributed by atoms with Crippen molar-refractivity contribution >= 4 is 11.9 Å². The molecule has 0 radical (unpaired) electrons. The molecule has 1 N–H and O–H groups in total. The molecule has 33 heavy (non-hydrogen) atoms. The van der Waals surface area contributed by atoms with Crippen molar-refractivity contribution in [3.05, 3.63) is 36.4 Å². The number of anilines is 2. The Morgan fingerprint density at radius 3 is 2.39 bits per heavy atom. The van der Waals surface area contributed by atoms with Crippen molar-refractivity contribution in [3.8, 4) is 28.3 Å². The first kappa shape index (κ1) is 22.8. The minimum atomic E-state index is 0.561. The topological polar surface area (TPSA) is 101 Å². The fourth-order valence-corrected chi connectivity index (χ4v) is 3.52. The van der Waals surface area contributed by atoms with Crippen molar-refractivity contribution in [2.75, 3.05) is 70.8 Å². The second kappa shape index (κ2) is 10.5. The van der Waals surface area contributed by atoms with Crippen LogP contribution in [0, 0.1) is 6.92 Å². The maximum atomic E-state index is 5.90. The predicted molar refractivity (Wildman–Crippen MR) is 128 cm³/mol. The average molecular weight is 451 g/mol. The van der Waals surface area contributed by atoms with Crippen molar-refractivity contribution in [3.63, 3.8) is 0 Å². The highest BCUT2D eigenvalue weighted by Gasteiger charge is 2.20. The Morgan fingerprint density at radius 1 is 1.03 bits per heavy atom. The van der Waals surface area contributed by atoms with Crippen molar-refractivity contribution in [1.82, 2.24) is 29.8 Å². The molecule has 3 aromatic heterocycles. The second-order valence-corrected chi connectivity index (χ2v) is 8.05. The summed E-state index contributed by atoms with van der Waals surface area (Å²) in [6, 6.07) is 1.98. The number of hydrogen-bond donors (Lipinski definition) is 1. The van der Waals surface area contributed by atoms with Crippen LogP contribution in [0.3, 0.4) is 0 Å². The largest absolute Gasteiger partial charge is 0.491 e. The Labute approximate surface area is 194 Å². The number of nitrogens with one attached hydrogen (secondary N) is 1. The molecule has 1 aliphatic heterocycles. The lowest BCUT2D eigenvalue weighted by atomic mass is 10.0. The molecule has 0 atom stereocenters. The van der Waals surface area contributed by atoms with E-state index >= 15 is 0 Å². The number of likely N-dealkylation sites (N-methyl/N-ethyl adjacent to an activating group) is 1. The summed E-state index contributed by atoms with van der Waals surface area (Å²) in [5, 5.41) is 2.95. The van der Waals surface area contributed by atoms with Gasteiger partial charge in [0.15, 0.2) is 0 Å². The molecule has 0 bridgehead atoms. The smallest absolute Gasteiger partial charge is 0.226 e. The number of morpholine rings is 1. The highest BCUT2D eigenvalue weighted by molar-refractivity contribution is 5.74. The fourth-order valence-electron chi connectivity index (χ4n) is 3.52. The van der Waals surface area contributed by atoms with E-state index in [0.717, 1.165) is 47.7 Å². The van der Waals surface area contributed by atoms with Crippen LogP contribution < -0.4 is 15.0 Å². The Hall–Kier alpha value is -3.37. The van der Waals surface area contributed by atoms with E-state index in [-0.39, 0.29) is 0 Å². The van der Waals surface area contributed by atoms with Crippen LogP contribution in [0.2, 0.25) is 0 Å². The number of aromatic nitrogens is 5. The monoisotopic (exact) mass is 450 g/mol. The SMILES string of the molecule is CNc1ncc(-c2nc(N3CCOCC3)nc(-c3cncc(OCCN(C)C)c3)c2C)cn1.